The van der Waals surface area contributed by atoms with Crippen molar-refractivity contribution in [3.05, 3.63) is 48.6 Å². The van der Waals surface area contributed by atoms with Crippen molar-refractivity contribution < 1.29 is 9.53 Å². The van der Waals surface area contributed by atoms with E-state index in [0.29, 0.717) is 0 Å². The van der Waals surface area contributed by atoms with E-state index in [4.69, 9.17) is 4.74 Å². The molecule has 0 N–H and O–H groups in total. The summed E-state index contributed by atoms with van der Waals surface area (Å²) >= 11 is 0. The molecule has 0 radical (unpaired) electrons. The summed E-state index contributed by atoms with van der Waals surface area (Å²) in [5.41, 5.74) is 1.20. The van der Waals surface area contributed by atoms with E-state index in [2.05, 4.69) is 30.5 Å². The lowest BCUT2D eigenvalue weighted by Crippen LogP contribution is -2.36. The predicted octanol–water partition coefficient (Wildman–Crippen LogP) is 3.57. The summed E-state index contributed by atoms with van der Waals surface area (Å²) in [7, 11) is 1.96. The lowest BCUT2D eigenvalue weighted by atomic mass is 10.1. The first kappa shape index (κ1) is 17.7. The molecule has 0 fully saturated rings. The maximum absolute atomic E-state index is 11.3. The number of hydrogen-bond acceptors (Lipinski definition) is 3. The first-order valence-corrected chi connectivity index (χ1v) is 6.20. The highest BCUT2D eigenvalue weighted by Gasteiger charge is 2.21. The molecule has 1 aromatic rings. The van der Waals surface area contributed by atoms with Crippen LogP contribution in [0.3, 0.4) is 0 Å². The van der Waals surface area contributed by atoms with Gasteiger partial charge in [0.25, 0.3) is 0 Å². The molecule has 3 nitrogen and oxygen atoms in total. The number of carbonyl (C=O) groups excluding carboxylic acids is 1. The van der Waals surface area contributed by atoms with Crippen LogP contribution in [0.4, 0.5) is 0 Å². The van der Waals surface area contributed by atoms with Crippen LogP contribution in [0.5, 0.6) is 0 Å². The molecule has 1 rings (SSSR count). The first-order valence-electron chi connectivity index (χ1n) is 6.20. The van der Waals surface area contributed by atoms with E-state index in [1.165, 1.54) is 11.6 Å². The Morgan fingerprint density at radius 1 is 1.42 bits per heavy atom. The maximum Gasteiger partial charge on any atom is 0.331 e. The van der Waals surface area contributed by atoms with E-state index in [0.717, 1.165) is 6.42 Å². The molecule has 0 aromatic heterocycles. The number of hydrogen-bond donors (Lipinski definition) is 0. The summed E-state index contributed by atoms with van der Waals surface area (Å²) in [6, 6.07) is 10.3. The van der Waals surface area contributed by atoms with Crippen LogP contribution in [0.15, 0.2) is 43.0 Å². The molecule has 0 heterocycles. The Morgan fingerprint density at radius 3 is 2.47 bits per heavy atom. The number of carbonyl (C=O) groups is 1. The fourth-order valence-corrected chi connectivity index (χ4v) is 1.85. The van der Waals surface area contributed by atoms with Crippen molar-refractivity contribution in [1.29, 1.82) is 0 Å². The lowest BCUT2D eigenvalue weighted by Gasteiger charge is -2.32. The summed E-state index contributed by atoms with van der Waals surface area (Å²) < 4.78 is 5.32. The van der Waals surface area contributed by atoms with E-state index in [9.17, 15) is 4.79 Å². The molecule has 0 aliphatic carbocycles. The van der Waals surface area contributed by atoms with Crippen LogP contribution < -0.4 is 0 Å². The minimum atomic E-state index is -0.381. The highest BCUT2D eigenvalue weighted by atomic mass is 35.5. The van der Waals surface area contributed by atoms with Gasteiger partial charge in [-0.3, -0.25) is 4.90 Å². The average Bonchev–Trinajstić information content (AvgIpc) is 2.43. The van der Waals surface area contributed by atoms with Crippen LogP contribution in [-0.2, 0) is 9.53 Å². The third-order valence-electron chi connectivity index (χ3n) is 3.12. The van der Waals surface area contributed by atoms with E-state index in [-0.39, 0.29) is 30.6 Å². The molecule has 4 heteroatoms. The normalized spacial score (nSPS) is 13.3. The lowest BCUT2D eigenvalue weighted by molar-refractivity contribution is -0.154. The molecular weight excluding hydrogens is 262 g/mol. The summed E-state index contributed by atoms with van der Waals surface area (Å²) in [6.45, 7) is 7.51. The minimum Gasteiger partial charge on any atom is -0.443 e. The zero-order chi connectivity index (χ0) is 13.5. The molecule has 0 amide bonds. The van der Waals surface area contributed by atoms with Crippen molar-refractivity contribution in [3.63, 3.8) is 0 Å². The molecular formula is C15H22ClNO2. The van der Waals surface area contributed by atoms with Crippen molar-refractivity contribution in [2.45, 2.75) is 32.5 Å². The van der Waals surface area contributed by atoms with Gasteiger partial charge in [0.05, 0.1) is 0 Å². The van der Waals surface area contributed by atoms with Gasteiger partial charge < -0.3 is 4.74 Å². The van der Waals surface area contributed by atoms with Crippen molar-refractivity contribution in [1.82, 2.24) is 4.90 Å². The van der Waals surface area contributed by atoms with Gasteiger partial charge in [0.1, 0.15) is 0 Å². The molecule has 0 aliphatic rings. The van der Waals surface area contributed by atoms with E-state index in [1.54, 1.807) is 0 Å². The molecule has 0 saturated carbocycles. The fraction of sp³-hybridized carbons (Fsp3) is 0.400. The second-order valence-corrected chi connectivity index (χ2v) is 4.26. The van der Waals surface area contributed by atoms with E-state index < -0.39 is 0 Å². The summed E-state index contributed by atoms with van der Waals surface area (Å²) in [6.07, 6.45) is 1.71. The third kappa shape index (κ3) is 5.05. The highest BCUT2D eigenvalue weighted by molar-refractivity contribution is 5.85. The number of nitrogens with zero attached hydrogens (tertiary/aromatic N) is 1. The Balaban J connectivity index is 0.00000324. The van der Waals surface area contributed by atoms with Gasteiger partial charge in [-0.15, -0.1) is 12.4 Å². The Kier molecular flexibility index (Phi) is 8.12. The Labute approximate surface area is 121 Å². The number of halogens is 1. The van der Waals surface area contributed by atoms with Gasteiger partial charge in [-0.05, 0) is 26.0 Å². The molecule has 2 atom stereocenters. The maximum atomic E-state index is 11.3. The quantitative estimate of drug-likeness (QED) is 0.454. The molecule has 1 aromatic carbocycles. The first-order chi connectivity index (χ1) is 8.60. The van der Waals surface area contributed by atoms with Gasteiger partial charge in [0, 0.05) is 12.1 Å². The van der Waals surface area contributed by atoms with Crippen LogP contribution >= 0.6 is 12.4 Å². The van der Waals surface area contributed by atoms with Gasteiger partial charge in [-0.2, -0.15) is 0 Å². The van der Waals surface area contributed by atoms with Crippen molar-refractivity contribution in [2.24, 2.45) is 0 Å². The summed E-state index contributed by atoms with van der Waals surface area (Å²) in [5, 5.41) is 0. The van der Waals surface area contributed by atoms with Crippen LogP contribution in [0.1, 0.15) is 31.9 Å². The fourth-order valence-electron chi connectivity index (χ4n) is 1.85. The highest BCUT2D eigenvalue weighted by Crippen LogP contribution is 2.22. The molecule has 106 valence electrons. The topological polar surface area (TPSA) is 29.5 Å². The minimum absolute atomic E-state index is 0. The van der Waals surface area contributed by atoms with Gasteiger partial charge in [-0.1, -0.05) is 43.8 Å². The zero-order valence-corrected chi connectivity index (χ0v) is 12.5. The number of ether oxygens (including phenoxy) is 1. The van der Waals surface area contributed by atoms with Crippen LogP contribution in [-0.4, -0.2) is 24.1 Å². The summed E-state index contributed by atoms with van der Waals surface area (Å²) in [5.74, 6) is -0.381. The van der Waals surface area contributed by atoms with Gasteiger partial charge >= 0.3 is 5.97 Å². The predicted molar refractivity (Wildman–Crippen MR) is 80.2 cm³/mol. The van der Waals surface area contributed by atoms with Crippen molar-refractivity contribution in [3.8, 4) is 0 Å². The number of benzene rings is 1. The standard InChI is InChI=1S/C15H21NO2.ClH/c1-5-14(18-15(17)6-2)16(4)12(3)13-10-8-7-9-11-13;/h6-12,14H,2,5H2,1,3-4H3;1H. The number of rotatable bonds is 6. The van der Waals surface area contributed by atoms with Gasteiger partial charge in [-0.25, -0.2) is 4.79 Å². The third-order valence-corrected chi connectivity index (χ3v) is 3.12. The second kappa shape index (κ2) is 8.73. The SMILES string of the molecule is C=CC(=O)OC(CC)N(C)C(C)c1ccccc1.Cl. The molecule has 19 heavy (non-hydrogen) atoms. The molecule has 0 bridgehead atoms. The largest absolute Gasteiger partial charge is 0.443 e. The monoisotopic (exact) mass is 283 g/mol. The van der Waals surface area contributed by atoms with Gasteiger partial charge in [0.15, 0.2) is 6.23 Å². The zero-order valence-electron chi connectivity index (χ0n) is 11.7. The Bertz CT molecular complexity index is 394. The van der Waals surface area contributed by atoms with Crippen LogP contribution in [0.2, 0.25) is 0 Å². The van der Waals surface area contributed by atoms with Crippen LogP contribution in [0.25, 0.3) is 0 Å². The Morgan fingerprint density at radius 2 is 2.00 bits per heavy atom. The summed E-state index contributed by atoms with van der Waals surface area (Å²) in [4.78, 5) is 13.3. The average molecular weight is 284 g/mol. The van der Waals surface area contributed by atoms with Crippen LogP contribution in [0, 0.1) is 0 Å². The Hall–Kier alpha value is -1.32. The van der Waals surface area contributed by atoms with Crippen molar-refractivity contribution >= 4 is 18.4 Å². The van der Waals surface area contributed by atoms with Crippen molar-refractivity contribution in [2.75, 3.05) is 7.05 Å². The smallest absolute Gasteiger partial charge is 0.331 e. The van der Waals surface area contributed by atoms with E-state index in [1.807, 2.05) is 32.2 Å². The van der Waals surface area contributed by atoms with E-state index >= 15 is 0 Å². The molecule has 0 saturated heterocycles. The molecule has 0 spiro atoms. The molecule has 0 aliphatic heterocycles. The number of esters is 1. The van der Waals surface area contributed by atoms with Gasteiger partial charge in [0.2, 0.25) is 0 Å². The molecule has 2 unspecified atom stereocenters. The second-order valence-electron chi connectivity index (χ2n) is 4.26.